The summed E-state index contributed by atoms with van der Waals surface area (Å²) < 4.78 is 0. The summed E-state index contributed by atoms with van der Waals surface area (Å²) in [7, 11) is 4.04. The van der Waals surface area contributed by atoms with Gasteiger partial charge in [0, 0.05) is 14.1 Å². The summed E-state index contributed by atoms with van der Waals surface area (Å²) in [5, 5.41) is 4.05. The SMILES string of the molecule is Cc1ccc2c(c1)N(C)N(C)N2. The van der Waals surface area contributed by atoms with Gasteiger partial charge >= 0.3 is 0 Å². The fourth-order valence-electron chi connectivity index (χ4n) is 1.41. The number of anilines is 2. The molecule has 1 heterocycles. The van der Waals surface area contributed by atoms with E-state index < -0.39 is 0 Å². The van der Waals surface area contributed by atoms with Gasteiger partial charge in [0.15, 0.2) is 0 Å². The van der Waals surface area contributed by atoms with Crippen LogP contribution in [0.4, 0.5) is 11.4 Å². The van der Waals surface area contributed by atoms with Crippen molar-refractivity contribution in [3.63, 3.8) is 0 Å². The summed E-state index contributed by atoms with van der Waals surface area (Å²) in [4.78, 5) is 0. The van der Waals surface area contributed by atoms with E-state index in [4.69, 9.17) is 0 Å². The van der Waals surface area contributed by atoms with E-state index in [0.29, 0.717) is 0 Å². The van der Waals surface area contributed by atoms with Crippen molar-refractivity contribution in [1.82, 2.24) is 5.12 Å². The first-order valence-electron chi connectivity index (χ1n) is 4.03. The molecule has 0 aromatic heterocycles. The van der Waals surface area contributed by atoms with Crippen molar-refractivity contribution in [2.75, 3.05) is 24.5 Å². The molecule has 0 amide bonds. The Kier molecular flexibility index (Phi) is 1.48. The number of hydrogen-bond acceptors (Lipinski definition) is 3. The molecule has 12 heavy (non-hydrogen) atoms. The minimum absolute atomic E-state index is 1.17. The number of nitrogens with zero attached hydrogens (tertiary/aromatic N) is 2. The molecule has 3 nitrogen and oxygen atoms in total. The first-order chi connectivity index (χ1) is 5.68. The fourth-order valence-corrected chi connectivity index (χ4v) is 1.41. The Labute approximate surface area is 72.5 Å². The molecule has 0 saturated carbocycles. The number of nitrogens with one attached hydrogen (secondary N) is 1. The molecular formula is C9H13N3. The molecule has 1 aliphatic rings. The van der Waals surface area contributed by atoms with Crippen molar-refractivity contribution in [3.8, 4) is 0 Å². The first kappa shape index (κ1) is 7.43. The number of hydrogen-bond donors (Lipinski definition) is 1. The van der Waals surface area contributed by atoms with Crippen molar-refractivity contribution in [1.29, 1.82) is 0 Å². The first-order valence-corrected chi connectivity index (χ1v) is 4.03. The van der Waals surface area contributed by atoms with Gasteiger partial charge in [0.05, 0.1) is 11.4 Å². The average Bonchev–Trinajstić information content (AvgIpc) is 2.31. The number of fused-ring (bicyclic) bond motifs is 1. The molecule has 0 spiro atoms. The molecule has 1 aliphatic heterocycles. The van der Waals surface area contributed by atoms with Gasteiger partial charge in [0.25, 0.3) is 0 Å². The number of aryl methyl sites for hydroxylation is 1. The Bertz CT molecular complexity index is 309. The number of benzene rings is 1. The van der Waals surface area contributed by atoms with Crippen LogP contribution in [-0.2, 0) is 0 Å². The minimum Gasteiger partial charge on any atom is -0.299 e. The van der Waals surface area contributed by atoms with E-state index in [1.54, 1.807) is 0 Å². The Hall–Kier alpha value is -1.22. The Balaban J connectivity index is 2.48. The molecule has 1 aromatic carbocycles. The fraction of sp³-hybridized carbons (Fsp3) is 0.333. The van der Waals surface area contributed by atoms with Crippen LogP contribution in [0.15, 0.2) is 18.2 Å². The topological polar surface area (TPSA) is 18.5 Å². The predicted molar refractivity (Wildman–Crippen MR) is 51.0 cm³/mol. The van der Waals surface area contributed by atoms with E-state index in [9.17, 15) is 0 Å². The van der Waals surface area contributed by atoms with Crippen LogP contribution in [0.2, 0.25) is 0 Å². The molecule has 1 N–H and O–H groups in total. The second-order valence-corrected chi connectivity index (χ2v) is 3.18. The number of rotatable bonds is 0. The summed E-state index contributed by atoms with van der Waals surface area (Å²) in [6, 6.07) is 6.38. The highest BCUT2D eigenvalue weighted by molar-refractivity contribution is 5.73. The van der Waals surface area contributed by atoms with Crippen LogP contribution >= 0.6 is 0 Å². The van der Waals surface area contributed by atoms with Crippen molar-refractivity contribution in [2.24, 2.45) is 0 Å². The zero-order valence-electron chi connectivity index (χ0n) is 7.63. The van der Waals surface area contributed by atoms with Gasteiger partial charge in [-0.3, -0.25) is 10.4 Å². The van der Waals surface area contributed by atoms with Crippen molar-refractivity contribution < 1.29 is 0 Å². The van der Waals surface area contributed by atoms with Gasteiger partial charge < -0.3 is 0 Å². The smallest absolute Gasteiger partial charge is 0.0784 e. The zero-order valence-corrected chi connectivity index (χ0v) is 7.63. The van der Waals surface area contributed by atoms with Gasteiger partial charge in [-0.2, -0.15) is 0 Å². The van der Waals surface area contributed by atoms with Crippen LogP contribution in [-0.4, -0.2) is 19.2 Å². The van der Waals surface area contributed by atoms with Crippen molar-refractivity contribution in [2.45, 2.75) is 6.92 Å². The summed E-state index contributed by atoms with van der Waals surface area (Å²) in [5.41, 5.74) is 6.93. The van der Waals surface area contributed by atoms with Gasteiger partial charge in [-0.05, 0) is 24.6 Å². The highest BCUT2D eigenvalue weighted by atomic mass is 15.8. The highest BCUT2D eigenvalue weighted by Gasteiger charge is 2.19. The summed E-state index contributed by atoms with van der Waals surface area (Å²) >= 11 is 0. The molecule has 0 unspecified atom stereocenters. The summed E-state index contributed by atoms with van der Waals surface area (Å²) in [6.45, 7) is 2.10. The average molecular weight is 163 g/mol. The lowest BCUT2D eigenvalue weighted by Gasteiger charge is -2.20. The van der Waals surface area contributed by atoms with Gasteiger partial charge in [-0.25, -0.2) is 0 Å². The zero-order chi connectivity index (χ0) is 8.72. The molecule has 0 saturated heterocycles. The third-order valence-electron chi connectivity index (χ3n) is 2.23. The molecule has 0 fully saturated rings. The van der Waals surface area contributed by atoms with Crippen LogP contribution in [0.25, 0.3) is 0 Å². The maximum absolute atomic E-state index is 3.23. The quantitative estimate of drug-likeness (QED) is 0.627. The van der Waals surface area contributed by atoms with E-state index in [2.05, 4.69) is 35.6 Å². The highest BCUT2D eigenvalue weighted by Crippen LogP contribution is 2.32. The monoisotopic (exact) mass is 163 g/mol. The van der Waals surface area contributed by atoms with E-state index in [1.165, 1.54) is 16.9 Å². The third kappa shape index (κ3) is 0.940. The second-order valence-electron chi connectivity index (χ2n) is 3.18. The van der Waals surface area contributed by atoms with Gasteiger partial charge in [0.1, 0.15) is 0 Å². The minimum atomic E-state index is 1.17. The molecule has 0 bridgehead atoms. The molecule has 0 atom stereocenters. The maximum Gasteiger partial charge on any atom is 0.0784 e. The Morgan fingerprint density at radius 3 is 2.75 bits per heavy atom. The Morgan fingerprint density at radius 1 is 1.25 bits per heavy atom. The van der Waals surface area contributed by atoms with Gasteiger partial charge in [-0.15, -0.1) is 5.12 Å². The van der Waals surface area contributed by atoms with E-state index in [0.717, 1.165) is 0 Å². The molecule has 0 radical (unpaired) electrons. The largest absolute Gasteiger partial charge is 0.299 e. The van der Waals surface area contributed by atoms with Crippen LogP contribution in [0, 0.1) is 6.92 Å². The maximum atomic E-state index is 3.23. The standard InChI is InChI=1S/C9H13N3/c1-7-4-5-8-9(6-7)11(2)12(3)10-8/h4-6,10H,1-3H3. The number of hydrazine groups is 2. The lowest BCUT2D eigenvalue weighted by atomic mass is 10.2. The predicted octanol–water partition coefficient (Wildman–Crippen LogP) is 1.62. The summed E-state index contributed by atoms with van der Waals surface area (Å²) in [5.74, 6) is 0. The lowest BCUT2D eigenvalue weighted by molar-refractivity contribution is 0.412. The van der Waals surface area contributed by atoms with E-state index >= 15 is 0 Å². The molecule has 3 heteroatoms. The van der Waals surface area contributed by atoms with Gasteiger partial charge in [-0.1, -0.05) is 6.07 Å². The lowest BCUT2D eigenvalue weighted by Crippen LogP contribution is -2.34. The summed E-state index contributed by atoms with van der Waals surface area (Å²) in [6.07, 6.45) is 0. The molecule has 1 aromatic rings. The van der Waals surface area contributed by atoms with E-state index in [-0.39, 0.29) is 0 Å². The van der Waals surface area contributed by atoms with Crippen molar-refractivity contribution in [3.05, 3.63) is 23.8 Å². The second kappa shape index (κ2) is 2.38. The van der Waals surface area contributed by atoms with Crippen LogP contribution < -0.4 is 10.4 Å². The van der Waals surface area contributed by atoms with Gasteiger partial charge in [0.2, 0.25) is 0 Å². The third-order valence-corrected chi connectivity index (χ3v) is 2.23. The Morgan fingerprint density at radius 2 is 2.00 bits per heavy atom. The van der Waals surface area contributed by atoms with Crippen LogP contribution in [0.3, 0.4) is 0 Å². The van der Waals surface area contributed by atoms with Crippen LogP contribution in [0.1, 0.15) is 5.56 Å². The van der Waals surface area contributed by atoms with Crippen LogP contribution in [0.5, 0.6) is 0 Å². The normalized spacial score (nSPS) is 16.1. The molecule has 64 valence electrons. The molecular weight excluding hydrogens is 150 g/mol. The molecule has 0 aliphatic carbocycles. The van der Waals surface area contributed by atoms with E-state index in [1.807, 2.05) is 19.2 Å². The van der Waals surface area contributed by atoms with Crippen molar-refractivity contribution >= 4 is 11.4 Å². The molecule has 2 rings (SSSR count).